The van der Waals surface area contributed by atoms with Gasteiger partial charge in [0.1, 0.15) is 17.9 Å². The molecule has 4 rings (SSSR count). The van der Waals surface area contributed by atoms with Crippen molar-refractivity contribution in [2.24, 2.45) is 0 Å². The second-order valence-corrected chi connectivity index (χ2v) is 8.43. The molecule has 8 heteroatoms. The molecule has 0 spiro atoms. The Kier molecular flexibility index (Phi) is 8.10. The number of nitrogens with zero attached hydrogens (tertiary/aromatic N) is 2. The maximum atomic E-state index is 13.5. The third kappa shape index (κ3) is 6.49. The molecule has 1 heterocycles. The van der Waals surface area contributed by atoms with E-state index in [0.29, 0.717) is 22.2 Å². The summed E-state index contributed by atoms with van der Waals surface area (Å²) in [6, 6.07) is 21.0. The van der Waals surface area contributed by atoms with E-state index >= 15 is 0 Å². The van der Waals surface area contributed by atoms with Crippen LogP contribution in [-0.4, -0.2) is 34.8 Å². The number of hydrogen-bond donors (Lipinski definition) is 1. The molecule has 3 amide bonds. The maximum absolute atomic E-state index is 13.5. The zero-order chi connectivity index (χ0) is 26.2. The van der Waals surface area contributed by atoms with Crippen LogP contribution in [0.15, 0.2) is 107 Å². The van der Waals surface area contributed by atoms with Gasteiger partial charge in [-0.3, -0.25) is 9.59 Å². The lowest BCUT2D eigenvalue weighted by molar-refractivity contribution is -0.133. The number of carbonyl (C=O) groups is 2. The highest BCUT2D eigenvalue weighted by Gasteiger charge is 2.23. The van der Waals surface area contributed by atoms with E-state index in [-0.39, 0.29) is 37.2 Å². The van der Waals surface area contributed by atoms with Gasteiger partial charge in [0.2, 0.25) is 5.91 Å². The van der Waals surface area contributed by atoms with Gasteiger partial charge in [0, 0.05) is 18.8 Å². The second-order valence-electron chi connectivity index (χ2n) is 8.43. The normalized spacial score (nSPS) is 10.6. The molecule has 0 unspecified atom stereocenters. The SMILES string of the molecule is C=CCN(CC(=O)N(Cc1ccc(F)cc1)Cc1coc2ccccc2c1=O)C(=O)Nc1ccccc1. The van der Waals surface area contributed by atoms with E-state index in [2.05, 4.69) is 11.9 Å². The minimum Gasteiger partial charge on any atom is -0.464 e. The Morgan fingerprint density at radius 2 is 1.62 bits per heavy atom. The monoisotopic (exact) mass is 499 g/mol. The molecule has 7 nitrogen and oxygen atoms in total. The lowest BCUT2D eigenvalue weighted by atomic mass is 10.1. The topological polar surface area (TPSA) is 82.9 Å². The minimum absolute atomic E-state index is 0.0500. The number of hydrogen-bond acceptors (Lipinski definition) is 4. The average Bonchev–Trinajstić information content (AvgIpc) is 2.91. The number of benzene rings is 3. The molecule has 37 heavy (non-hydrogen) atoms. The molecular weight excluding hydrogens is 473 g/mol. The highest BCUT2D eigenvalue weighted by atomic mass is 19.1. The van der Waals surface area contributed by atoms with Crippen LogP contribution in [0, 0.1) is 5.82 Å². The van der Waals surface area contributed by atoms with E-state index in [9.17, 15) is 18.8 Å². The smallest absolute Gasteiger partial charge is 0.322 e. The summed E-state index contributed by atoms with van der Waals surface area (Å²) >= 11 is 0. The van der Waals surface area contributed by atoms with Crippen LogP contribution in [0.3, 0.4) is 0 Å². The largest absolute Gasteiger partial charge is 0.464 e. The molecule has 0 fully saturated rings. The number of nitrogens with one attached hydrogen (secondary N) is 1. The third-order valence-electron chi connectivity index (χ3n) is 5.74. The van der Waals surface area contributed by atoms with Crippen molar-refractivity contribution in [2.75, 3.05) is 18.4 Å². The van der Waals surface area contributed by atoms with Crippen molar-refractivity contribution in [1.82, 2.24) is 9.80 Å². The maximum Gasteiger partial charge on any atom is 0.322 e. The molecular formula is C29H26FN3O4. The molecule has 0 aliphatic carbocycles. The van der Waals surface area contributed by atoms with Crippen molar-refractivity contribution in [3.05, 3.63) is 125 Å². The van der Waals surface area contributed by atoms with Gasteiger partial charge in [-0.05, 0) is 42.0 Å². The van der Waals surface area contributed by atoms with Crippen LogP contribution in [-0.2, 0) is 17.9 Å². The average molecular weight is 500 g/mol. The Hall–Kier alpha value is -4.72. The zero-order valence-electron chi connectivity index (χ0n) is 20.1. The highest BCUT2D eigenvalue weighted by molar-refractivity contribution is 5.92. The molecule has 0 saturated carbocycles. The molecule has 0 bridgehead atoms. The summed E-state index contributed by atoms with van der Waals surface area (Å²) in [7, 11) is 0. The molecule has 4 aromatic rings. The van der Waals surface area contributed by atoms with Crippen molar-refractivity contribution in [1.29, 1.82) is 0 Å². The fourth-order valence-electron chi connectivity index (χ4n) is 3.84. The summed E-state index contributed by atoms with van der Waals surface area (Å²) in [6.45, 7) is 3.62. The van der Waals surface area contributed by atoms with Gasteiger partial charge in [0.15, 0.2) is 5.43 Å². The van der Waals surface area contributed by atoms with Crippen LogP contribution >= 0.6 is 0 Å². The van der Waals surface area contributed by atoms with E-state index in [1.165, 1.54) is 34.3 Å². The molecule has 0 saturated heterocycles. The number of fused-ring (bicyclic) bond motifs is 1. The van der Waals surface area contributed by atoms with Gasteiger partial charge in [-0.15, -0.1) is 6.58 Å². The molecule has 0 radical (unpaired) electrons. The Morgan fingerprint density at radius 3 is 2.35 bits per heavy atom. The predicted molar refractivity (Wildman–Crippen MR) is 140 cm³/mol. The van der Waals surface area contributed by atoms with Crippen molar-refractivity contribution in [3.63, 3.8) is 0 Å². The Balaban J connectivity index is 1.59. The van der Waals surface area contributed by atoms with Crippen LogP contribution < -0.4 is 10.7 Å². The molecule has 1 aromatic heterocycles. The number of halogens is 1. The van der Waals surface area contributed by atoms with E-state index in [0.717, 1.165) is 0 Å². The third-order valence-corrected chi connectivity index (χ3v) is 5.74. The van der Waals surface area contributed by atoms with Gasteiger partial charge < -0.3 is 19.5 Å². The van der Waals surface area contributed by atoms with Gasteiger partial charge in [-0.2, -0.15) is 0 Å². The molecule has 3 aromatic carbocycles. The fraction of sp³-hybridized carbons (Fsp3) is 0.138. The Morgan fingerprint density at radius 1 is 0.919 bits per heavy atom. The number of rotatable bonds is 9. The first kappa shape index (κ1) is 25.4. The number of carbonyl (C=O) groups excluding carboxylic acids is 2. The van der Waals surface area contributed by atoms with E-state index in [4.69, 9.17) is 4.42 Å². The van der Waals surface area contributed by atoms with Gasteiger partial charge in [0.25, 0.3) is 0 Å². The first-order chi connectivity index (χ1) is 17.9. The van der Waals surface area contributed by atoms with Crippen molar-refractivity contribution >= 4 is 28.6 Å². The van der Waals surface area contributed by atoms with Crippen LogP contribution in [0.1, 0.15) is 11.1 Å². The molecule has 1 N–H and O–H groups in total. The first-order valence-corrected chi connectivity index (χ1v) is 11.7. The minimum atomic E-state index is -0.466. The zero-order valence-corrected chi connectivity index (χ0v) is 20.1. The predicted octanol–water partition coefficient (Wildman–Crippen LogP) is 5.18. The summed E-state index contributed by atoms with van der Waals surface area (Å²) in [5.74, 6) is -0.798. The fourth-order valence-corrected chi connectivity index (χ4v) is 3.84. The lowest BCUT2D eigenvalue weighted by Gasteiger charge is -2.27. The number of amides is 3. The summed E-state index contributed by atoms with van der Waals surface area (Å²) in [5, 5.41) is 3.17. The lowest BCUT2D eigenvalue weighted by Crippen LogP contribution is -2.44. The van der Waals surface area contributed by atoms with Gasteiger partial charge in [-0.1, -0.05) is 48.5 Å². The number of para-hydroxylation sites is 2. The Labute approximate surface area is 213 Å². The molecule has 0 aliphatic rings. The summed E-state index contributed by atoms with van der Waals surface area (Å²) in [5.41, 5.74) is 1.75. The highest BCUT2D eigenvalue weighted by Crippen LogP contribution is 2.15. The van der Waals surface area contributed by atoms with Crippen molar-refractivity contribution < 1.29 is 18.4 Å². The van der Waals surface area contributed by atoms with Crippen molar-refractivity contribution in [2.45, 2.75) is 13.1 Å². The van der Waals surface area contributed by atoms with Crippen molar-refractivity contribution in [3.8, 4) is 0 Å². The summed E-state index contributed by atoms with van der Waals surface area (Å²) in [6.07, 6.45) is 2.87. The second kappa shape index (κ2) is 11.8. The number of anilines is 1. The van der Waals surface area contributed by atoms with Gasteiger partial charge in [-0.25, -0.2) is 9.18 Å². The number of urea groups is 1. The quantitative estimate of drug-likeness (QED) is 0.322. The van der Waals surface area contributed by atoms with Crippen LogP contribution in [0.25, 0.3) is 11.0 Å². The van der Waals surface area contributed by atoms with Crippen LogP contribution in [0.2, 0.25) is 0 Å². The first-order valence-electron chi connectivity index (χ1n) is 11.7. The van der Waals surface area contributed by atoms with Crippen LogP contribution in [0.5, 0.6) is 0 Å². The summed E-state index contributed by atoms with van der Waals surface area (Å²) in [4.78, 5) is 42.3. The van der Waals surface area contributed by atoms with E-state index < -0.39 is 17.8 Å². The Bertz CT molecular complexity index is 1450. The van der Waals surface area contributed by atoms with Gasteiger partial charge in [0.05, 0.1) is 23.8 Å². The van der Waals surface area contributed by atoms with E-state index in [1.807, 2.05) is 6.07 Å². The van der Waals surface area contributed by atoms with Gasteiger partial charge >= 0.3 is 6.03 Å². The molecule has 0 atom stereocenters. The van der Waals surface area contributed by atoms with E-state index in [1.54, 1.807) is 60.7 Å². The summed E-state index contributed by atoms with van der Waals surface area (Å²) < 4.78 is 19.1. The standard InChI is InChI=1S/C29H26FN3O4/c1-2-16-32(29(36)31-24-8-4-3-5-9-24)19-27(34)33(17-21-12-14-23(30)15-13-21)18-22-20-37-26-11-7-6-10-25(26)28(22)35/h2-15,20H,1,16-19H2,(H,31,36). The molecule has 188 valence electrons. The van der Waals surface area contributed by atoms with Crippen LogP contribution in [0.4, 0.5) is 14.9 Å². The molecule has 0 aliphatic heterocycles.